The molecule has 0 unspecified atom stereocenters. The normalized spacial score (nSPS) is 12.1. The van der Waals surface area contributed by atoms with E-state index in [1.54, 1.807) is 18.2 Å². The fraction of sp³-hybridized carbons (Fsp3) is 0.455. The highest BCUT2D eigenvalue weighted by molar-refractivity contribution is 5.40. The molecule has 0 saturated carbocycles. The van der Waals surface area contributed by atoms with Crippen molar-refractivity contribution in [3.63, 3.8) is 0 Å². The Bertz CT molecular complexity index is 336. The summed E-state index contributed by atoms with van der Waals surface area (Å²) in [5.74, 6) is 0. The van der Waals surface area contributed by atoms with Crippen LogP contribution in [0.4, 0.5) is 18.9 Å². The van der Waals surface area contributed by atoms with Crippen molar-refractivity contribution >= 4 is 5.69 Å². The summed E-state index contributed by atoms with van der Waals surface area (Å²) in [5, 5.41) is 0. The van der Waals surface area contributed by atoms with E-state index >= 15 is 0 Å². The largest absolute Gasteiger partial charge is 0.401 e. The Morgan fingerprint density at radius 2 is 2.00 bits per heavy atom. The van der Waals surface area contributed by atoms with E-state index in [9.17, 15) is 13.2 Å². The third kappa shape index (κ3) is 5.02. The fourth-order valence-electron chi connectivity index (χ4n) is 1.45. The van der Waals surface area contributed by atoms with E-state index in [0.717, 1.165) is 5.56 Å². The molecule has 0 radical (unpaired) electrons. The standard InChI is InChI=1S/C11H15F3N2/c1-16(8-11(12,13)14)6-5-9-3-2-4-10(15)7-9/h2-4,7H,5-6,8,15H2,1H3. The molecule has 2 nitrogen and oxygen atoms in total. The molecule has 0 fully saturated rings. The lowest BCUT2D eigenvalue weighted by molar-refractivity contribution is -0.142. The Kier molecular flexibility index (Phi) is 4.18. The van der Waals surface area contributed by atoms with E-state index in [4.69, 9.17) is 5.73 Å². The second-order valence-electron chi connectivity index (χ2n) is 3.85. The van der Waals surface area contributed by atoms with Gasteiger partial charge < -0.3 is 5.73 Å². The first-order valence-electron chi connectivity index (χ1n) is 4.96. The molecule has 1 aromatic carbocycles. The van der Waals surface area contributed by atoms with Crippen molar-refractivity contribution in [1.82, 2.24) is 4.90 Å². The quantitative estimate of drug-likeness (QED) is 0.807. The number of nitrogen functional groups attached to an aromatic ring is 1. The van der Waals surface area contributed by atoms with Crippen LogP contribution in [0.15, 0.2) is 24.3 Å². The predicted octanol–water partition coefficient (Wildman–Crippen LogP) is 2.31. The van der Waals surface area contributed by atoms with Gasteiger partial charge >= 0.3 is 6.18 Å². The zero-order valence-electron chi connectivity index (χ0n) is 9.09. The van der Waals surface area contributed by atoms with Gasteiger partial charge in [-0.3, -0.25) is 4.90 Å². The molecule has 1 aromatic rings. The summed E-state index contributed by atoms with van der Waals surface area (Å²) in [6.07, 6.45) is -3.57. The number of rotatable bonds is 4. The van der Waals surface area contributed by atoms with Gasteiger partial charge in [-0.25, -0.2) is 0 Å². The summed E-state index contributed by atoms with van der Waals surface area (Å²) in [5.41, 5.74) is 7.16. The monoisotopic (exact) mass is 232 g/mol. The van der Waals surface area contributed by atoms with Gasteiger partial charge in [0.1, 0.15) is 0 Å². The van der Waals surface area contributed by atoms with Crippen molar-refractivity contribution in [3.05, 3.63) is 29.8 Å². The number of nitrogens with zero attached hydrogens (tertiary/aromatic N) is 1. The van der Waals surface area contributed by atoms with Crippen LogP contribution in [0.5, 0.6) is 0 Å². The van der Waals surface area contributed by atoms with E-state index in [0.29, 0.717) is 18.7 Å². The average molecular weight is 232 g/mol. The molecule has 0 aliphatic heterocycles. The van der Waals surface area contributed by atoms with Crippen LogP contribution in [0.3, 0.4) is 0 Å². The van der Waals surface area contributed by atoms with Gasteiger partial charge in [-0.15, -0.1) is 0 Å². The minimum Gasteiger partial charge on any atom is -0.399 e. The van der Waals surface area contributed by atoms with Crippen molar-refractivity contribution in [2.45, 2.75) is 12.6 Å². The first-order chi connectivity index (χ1) is 7.37. The molecule has 0 aromatic heterocycles. The molecule has 0 heterocycles. The Labute approximate surface area is 92.9 Å². The molecular formula is C11H15F3N2. The molecule has 0 amide bonds. The maximum Gasteiger partial charge on any atom is 0.401 e. The second kappa shape index (κ2) is 5.21. The maximum atomic E-state index is 12.0. The van der Waals surface area contributed by atoms with Crippen molar-refractivity contribution in [2.24, 2.45) is 0 Å². The summed E-state index contributed by atoms with van der Waals surface area (Å²) in [6.45, 7) is -0.516. The van der Waals surface area contributed by atoms with Crippen molar-refractivity contribution in [2.75, 3.05) is 25.9 Å². The zero-order chi connectivity index (χ0) is 12.2. The van der Waals surface area contributed by atoms with E-state index in [-0.39, 0.29) is 0 Å². The highest BCUT2D eigenvalue weighted by atomic mass is 19.4. The fourth-order valence-corrected chi connectivity index (χ4v) is 1.45. The molecule has 0 aliphatic carbocycles. The summed E-state index contributed by atoms with van der Waals surface area (Å²) in [4.78, 5) is 1.25. The lowest BCUT2D eigenvalue weighted by Crippen LogP contribution is -2.32. The highest BCUT2D eigenvalue weighted by Gasteiger charge is 2.28. The van der Waals surface area contributed by atoms with Gasteiger partial charge in [0.15, 0.2) is 0 Å². The number of anilines is 1. The number of alkyl halides is 3. The predicted molar refractivity (Wildman–Crippen MR) is 58.1 cm³/mol. The van der Waals surface area contributed by atoms with E-state index in [1.807, 2.05) is 6.07 Å². The van der Waals surface area contributed by atoms with Gasteiger partial charge in [-0.2, -0.15) is 13.2 Å². The molecule has 1 rings (SSSR count). The van der Waals surface area contributed by atoms with Crippen molar-refractivity contribution in [3.8, 4) is 0 Å². The minimum absolute atomic E-state index is 0.364. The van der Waals surface area contributed by atoms with Gasteiger partial charge in [0, 0.05) is 12.2 Å². The number of hydrogen-bond donors (Lipinski definition) is 1. The van der Waals surface area contributed by atoms with E-state index < -0.39 is 12.7 Å². The van der Waals surface area contributed by atoms with Crippen molar-refractivity contribution in [1.29, 1.82) is 0 Å². The number of nitrogens with two attached hydrogens (primary N) is 1. The third-order valence-corrected chi connectivity index (χ3v) is 2.18. The Balaban J connectivity index is 2.40. The van der Waals surface area contributed by atoms with Gasteiger partial charge in [-0.05, 0) is 31.2 Å². The van der Waals surface area contributed by atoms with Gasteiger partial charge in [-0.1, -0.05) is 12.1 Å². The van der Waals surface area contributed by atoms with Crippen molar-refractivity contribution < 1.29 is 13.2 Å². The second-order valence-corrected chi connectivity index (χ2v) is 3.85. The number of hydrogen-bond acceptors (Lipinski definition) is 2. The molecule has 5 heteroatoms. The first kappa shape index (κ1) is 12.8. The van der Waals surface area contributed by atoms with E-state index in [2.05, 4.69) is 0 Å². The zero-order valence-corrected chi connectivity index (χ0v) is 9.09. The minimum atomic E-state index is -4.13. The molecule has 0 aliphatic rings. The lowest BCUT2D eigenvalue weighted by Gasteiger charge is -2.18. The molecule has 0 atom stereocenters. The van der Waals surface area contributed by atoms with E-state index in [1.165, 1.54) is 11.9 Å². The SMILES string of the molecule is CN(CCc1cccc(N)c1)CC(F)(F)F. The van der Waals surface area contributed by atoms with Gasteiger partial charge in [0.2, 0.25) is 0 Å². The summed E-state index contributed by atoms with van der Waals surface area (Å²) in [7, 11) is 1.46. The van der Waals surface area contributed by atoms with Gasteiger partial charge in [0.25, 0.3) is 0 Å². The molecule has 2 N–H and O–H groups in total. The summed E-state index contributed by atoms with van der Waals surface area (Å²) < 4.78 is 36.1. The smallest absolute Gasteiger partial charge is 0.399 e. The first-order valence-corrected chi connectivity index (χ1v) is 4.96. The Hall–Kier alpha value is -1.23. The van der Waals surface area contributed by atoms with Crippen LogP contribution in [-0.4, -0.2) is 31.2 Å². The molecule has 0 spiro atoms. The molecule has 16 heavy (non-hydrogen) atoms. The van der Waals surface area contributed by atoms with Crippen LogP contribution >= 0.6 is 0 Å². The van der Waals surface area contributed by atoms with Crippen LogP contribution in [0, 0.1) is 0 Å². The lowest BCUT2D eigenvalue weighted by atomic mass is 10.1. The third-order valence-electron chi connectivity index (χ3n) is 2.18. The number of benzene rings is 1. The number of likely N-dealkylation sites (N-methyl/N-ethyl adjacent to an activating group) is 1. The van der Waals surface area contributed by atoms with Crippen LogP contribution in [0.25, 0.3) is 0 Å². The molecule has 90 valence electrons. The molecular weight excluding hydrogens is 217 g/mol. The maximum absolute atomic E-state index is 12.0. The highest BCUT2D eigenvalue weighted by Crippen LogP contribution is 2.16. The van der Waals surface area contributed by atoms with Gasteiger partial charge in [0.05, 0.1) is 6.54 Å². The summed E-state index contributed by atoms with van der Waals surface area (Å²) in [6, 6.07) is 7.19. The Morgan fingerprint density at radius 1 is 1.31 bits per heavy atom. The van der Waals surface area contributed by atoms with Crippen LogP contribution < -0.4 is 5.73 Å². The number of halogens is 3. The summed E-state index contributed by atoms with van der Waals surface area (Å²) >= 11 is 0. The molecule has 0 saturated heterocycles. The Morgan fingerprint density at radius 3 is 2.56 bits per heavy atom. The van der Waals surface area contributed by atoms with Crippen LogP contribution in [0.1, 0.15) is 5.56 Å². The molecule has 0 bridgehead atoms. The van der Waals surface area contributed by atoms with Crippen LogP contribution in [0.2, 0.25) is 0 Å². The topological polar surface area (TPSA) is 29.3 Å². The average Bonchev–Trinajstić information content (AvgIpc) is 2.12. The van der Waals surface area contributed by atoms with Crippen LogP contribution in [-0.2, 0) is 6.42 Å².